The van der Waals surface area contributed by atoms with Gasteiger partial charge in [-0.1, -0.05) is 60.1 Å². The van der Waals surface area contributed by atoms with E-state index in [0.29, 0.717) is 41.4 Å². The van der Waals surface area contributed by atoms with E-state index in [1.165, 1.54) is 4.90 Å². The van der Waals surface area contributed by atoms with Crippen molar-refractivity contribution >= 4 is 29.4 Å². The Balaban J connectivity index is 1.51. The van der Waals surface area contributed by atoms with Crippen LogP contribution in [0.1, 0.15) is 36.4 Å². The van der Waals surface area contributed by atoms with Gasteiger partial charge in [0.1, 0.15) is 6.04 Å². The molecular weight excluding hydrogens is 464 g/mol. The molecule has 182 valence electrons. The van der Waals surface area contributed by atoms with Crippen LogP contribution in [0.3, 0.4) is 0 Å². The van der Waals surface area contributed by atoms with Gasteiger partial charge >= 0.3 is 6.03 Å². The van der Waals surface area contributed by atoms with Gasteiger partial charge in [0.15, 0.2) is 0 Å². The van der Waals surface area contributed by atoms with Gasteiger partial charge in [0, 0.05) is 31.6 Å². The molecule has 0 bridgehead atoms. The number of halogens is 1. The highest BCUT2D eigenvalue weighted by Gasteiger charge is 2.47. The van der Waals surface area contributed by atoms with Crippen LogP contribution >= 0.6 is 11.6 Å². The smallest absolute Gasteiger partial charge is 0.322 e. The van der Waals surface area contributed by atoms with Gasteiger partial charge in [-0.2, -0.15) is 0 Å². The fraction of sp³-hybridized carbons (Fsp3) is 0.370. The molecule has 4 amide bonds. The van der Waals surface area contributed by atoms with Gasteiger partial charge in [-0.25, -0.2) is 4.79 Å². The van der Waals surface area contributed by atoms with Crippen LogP contribution in [0.5, 0.6) is 0 Å². The summed E-state index contributed by atoms with van der Waals surface area (Å²) in [5.74, 6) is -0.263. The number of benzene rings is 2. The van der Waals surface area contributed by atoms with Gasteiger partial charge in [-0.05, 0) is 36.5 Å². The lowest BCUT2D eigenvalue weighted by atomic mass is 9.95. The Morgan fingerprint density at radius 3 is 2.43 bits per heavy atom. The quantitative estimate of drug-likeness (QED) is 0.690. The maximum Gasteiger partial charge on any atom is 0.322 e. The van der Waals surface area contributed by atoms with Crippen molar-refractivity contribution in [1.29, 1.82) is 0 Å². The summed E-state index contributed by atoms with van der Waals surface area (Å²) in [6, 6.07) is 15.4. The molecule has 1 saturated heterocycles. The summed E-state index contributed by atoms with van der Waals surface area (Å²) in [7, 11) is 1.66. The lowest BCUT2D eigenvalue weighted by molar-refractivity contribution is -0.143. The van der Waals surface area contributed by atoms with Crippen molar-refractivity contribution in [1.82, 2.24) is 20.0 Å². The largest absolute Gasteiger partial charge is 0.341 e. The van der Waals surface area contributed by atoms with E-state index in [4.69, 9.17) is 11.6 Å². The number of piperidine rings is 1. The van der Waals surface area contributed by atoms with Crippen LogP contribution in [-0.2, 0) is 16.0 Å². The van der Waals surface area contributed by atoms with Crippen LogP contribution in [0.2, 0.25) is 5.02 Å². The summed E-state index contributed by atoms with van der Waals surface area (Å²) in [5.41, 5.74) is 2.75. The van der Waals surface area contributed by atoms with E-state index in [1.54, 1.807) is 18.0 Å². The normalized spacial score (nSPS) is 21.2. The fourth-order valence-electron chi connectivity index (χ4n) is 5.28. The summed E-state index contributed by atoms with van der Waals surface area (Å²) in [6.07, 6.45) is 3.48. The molecule has 2 aromatic carbocycles. The van der Waals surface area contributed by atoms with E-state index in [-0.39, 0.29) is 24.4 Å². The van der Waals surface area contributed by atoms with Crippen LogP contribution < -0.4 is 5.32 Å². The number of likely N-dealkylation sites (N-methyl/N-ethyl adjacent to an activating group) is 1. The molecule has 3 heterocycles. The van der Waals surface area contributed by atoms with Gasteiger partial charge in [0.05, 0.1) is 23.9 Å². The number of amides is 4. The van der Waals surface area contributed by atoms with Gasteiger partial charge in [-0.3, -0.25) is 14.5 Å². The van der Waals surface area contributed by atoms with Gasteiger partial charge in [0.25, 0.3) is 5.91 Å². The van der Waals surface area contributed by atoms with Crippen molar-refractivity contribution < 1.29 is 14.4 Å². The molecule has 2 unspecified atom stereocenters. The third-order valence-electron chi connectivity index (χ3n) is 7.21. The molecule has 1 N–H and O–H groups in total. The monoisotopic (exact) mass is 492 g/mol. The molecule has 0 saturated carbocycles. The second-order valence-corrected chi connectivity index (χ2v) is 9.76. The first kappa shape index (κ1) is 23.4. The molecule has 3 aliphatic rings. The third-order valence-corrected chi connectivity index (χ3v) is 7.55. The zero-order valence-electron chi connectivity index (χ0n) is 19.7. The van der Waals surface area contributed by atoms with Crippen molar-refractivity contribution in [3.63, 3.8) is 0 Å². The average Bonchev–Trinajstić information content (AvgIpc) is 3.23. The number of hydrogen-bond donors (Lipinski definition) is 1. The molecule has 1 fully saturated rings. The predicted molar refractivity (Wildman–Crippen MR) is 134 cm³/mol. The Hall–Kier alpha value is -3.32. The SMILES string of the molecule is CN1C(=O)NC(c2ccccc2Cl)C2=C1CN(C(Cc1ccccc1)C(=O)N1CCCCC1)C2=O. The third kappa shape index (κ3) is 4.41. The van der Waals surface area contributed by atoms with Crippen LogP contribution in [0, 0.1) is 0 Å². The highest BCUT2D eigenvalue weighted by atomic mass is 35.5. The molecule has 0 aromatic heterocycles. The predicted octanol–water partition coefficient (Wildman–Crippen LogP) is 3.76. The summed E-state index contributed by atoms with van der Waals surface area (Å²) in [5, 5.41) is 3.41. The highest BCUT2D eigenvalue weighted by molar-refractivity contribution is 6.31. The van der Waals surface area contributed by atoms with Crippen molar-refractivity contribution in [2.75, 3.05) is 26.7 Å². The second kappa shape index (κ2) is 9.74. The number of hydrogen-bond acceptors (Lipinski definition) is 3. The summed E-state index contributed by atoms with van der Waals surface area (Å²) in [4.78, 5) is 45.6. The summed E-state index contributed by atoms with van der Waals surface area (Å²) < 4.78 is 0. The molecule has 0 aliphatic carbocycles. The molecule has 7 nitrogen and oxygen atoms in total. The second-order valence-electron chi connectivity index (χ2n) is 9.35. The average molecular weight is 493 g/mol. The molecule has 3 aliphatic heterocycles. The Morgan fingerprint density at radius 1 is 1.03 bits per heavy atom. The molecule has 2 aromatic rings. The topological polar surface area (TPSA) is 73.0 Å². The lowest BCUT2D eigenvalue weighted by Gasteiger charge is -2.35. The summed E-state index contributed by atoms with van der Waals surface area (Å²) >= 11 is 6.46. The number of carbonyl (C=O) groups excluding carboxylic acids is 3. The van der Waals surface area contributed by atoms with Gasteiger partial charge in [-0.15, -0.1) is 0 Å². The number of nitrogens with one attached hydrogen (secondary N) is 1. The molecule has 35 heavy (non-hydrogen) atoms. The van der Waals surface area contributed by atoms with Crippen molar-refractivity contribution in [3.8, 4) is 0 Å². The Kier molecular flexibility index (Phi) is 6.52. The standard InChI is InChI=1S/C27H29ClN4O3/c1-30-22-17-32(26(34)23(22)24(29-27(30)35)19-12-6-7-13-20(19)28)21(16-18-10-4-2-5-11-18)25(33)31-14-8-3-9-15-31/h2,4-7,10-13,21,24H,3,8-9,14-17H2,1H3,(H,29,35). The Labute approximate surface area is 210 Å². The van der Waals surface area contributed by atoms with E-state index in [2.05, 4.69) is 5.32 Å². The molecule has 8 heteroatoms. The minimum absolute atomic E-state index is 0.0296. The first-order valence-electron chi connectivity index (χ1n) is 12.1. The Bertz CT molecular complexity index is 1180. The van der Waals surface area contributed by atoms with Crippen molar-refractivity contribution in [2.24, 2.45) is 0 Å². The minimum atomic E-state index is -0.664. The van der Waals surface area contributed by atoms with Crippen LogP contribution in [0.15, 0.2) is 65.9 Å². The van der Waals surface area contributed by atoms with Crippen LogP contribution in [0.25, 0.3) is 0 Å². The fourth-order valence-corrected chi connectivity index (χ4v) is 5.52. The molecule has 0 radical (unpaired) electrons. The molecule has 5 rings (SSSR count). The van der Waals surface area contributed by atoms with Crippen LogP contribution in [0.4, 0.5) is 4.79 Å². The van der Waals surface area contributed by atoms with E-state index in [1.807, 2.05) is 53.4 Å². The molecular formula is C27H29ClN4O3. The zero-order chi connectivity index (χ0) is 24.5. The van der Waals surface area contributed by atoms with Gasteiger partial charge in [0.2, 0.25) is 5.91 Å². The number of urea groups is 1. The number of rotatable bonds is 5. The van der Waals surface area contributed by atoms with Crippen molar-refractivity contribution in [3.05, 3.63) is 82.0 Å². The van der Waals surface area contributed by atoms with Crippen LogP contribution in [-0.4, -0.2) is 65.3 Å². The van der Waals surface area contributed by atoms with E-state index < -0.39 is 12.1 Å². The summed E-state index contributed by atoms with van der Waals surface area (Å²) in [6.45, 7) is 1.62. The first-order valence-corrected chi connectivity index (χ1v) is 12.5. The Morgan fingerprint density at radius 2 is 1.71 bits per heavy atom. The van der Waals surface area contributed by atoms with E-state index in [0.717, 1.165) is 24.8 Å². The molecule has 0 spiro atoms. The highest BCUT2D eigenvalue weighted by Crippen LogP contribution is 2.39. The van der Waals surface area contributed by atoms with Crippen molar-refractivity contribution in [2.45, 2.75) is 37.8 Å². The zero-order valence-corrected chi connectivity index (χ0v) is 20.5. The maximum atomic E-state index is 14.0. The van der Waals surface area contributed by atoms with Gasteiger partial charge < -0.3 is 15.1 Å². The molecule has 2 atom stereocenters. The minimum Gasteiger partial charge on any atom is -0.341 e. The lowest BCUT2D eigenvalue weighted by Crippen LogP contribution is -2.52. The first-order chi connectivity index (χ1) is 17.0. The van der Waals surface area contributed by atoms with E-state index in [9.17, 15) is 14.4 Å². The maximum absolute atomic E-state index is 14.0. The number of likely N-dealkylation sites (tertiary alicyclic amines) is 1. The number of nitrogens with zero attached hydrogens (tertiary/aromatic N) is 3. The number of carbonyl (C=O) groups is 3. The van der Waals surface area contributed by atoms with E-state index >= 15 is 0 Å².